The van der Waals surface area contributed by atoms with E-state index in [4.69, 9.17) is 10.2 Å². The average Bonchev–Trinajstić information content (AvgIpc) is 2.93. The quantitative estimate of drug-likeness (QED) is 0.488. The lowest BCUT2D eigenvalue weighted by Gasteiger charge is -2.17. The number of aliphatic hydroxyl groups excluding tert-OH is 1. The zero-order valence-electron chi connectivity index (χ0n) is 14.0. The predicted octanol–water partition coefficient (Wildman–Crippen LogP) is 1.67. The van der Waals surface area contributed by atoms with Crippen LogP contribution in [0.4, 0.5) is 0 Å². The van der Waals surface area contributed by atoms with Gasteiger partial charge in [0.25, 0.3) is 0 Å². The van der Waals surface area contributed by atoms with Gasteiger partial charge < -0.3 is 25.2 Å². The van der Waals surface area contributed by atoms with Crippen molar-refractivity contribution in [3.63, 3.8) is 0 Å². The number of aliphatic carboxylic acids is 2. The molecule has 0 aliphatic carbocycles. The van der Waals surface area contributed by atoms with Crippen LogP contribution in [0.3, 0.4) is 0 Å². The molecule has 7 heteroatoms. The van der Waals surface area contributed by atoms with Crippen molar-refractivity contribution >= 4 is 33.7 Å². The van der Waals surface area contributed by atoms with Gasteiger partial charge in [0.1, 0.15) is 6.04 Å². The van der Waals surface area contributed by atoms with Gasteiger partial charge in [-0.3, -0.25) is 9.59 Å². The van der Waals surface area contributed by atoms with Gasteiger partial charge >= 0.3 is 11.9 Å². The number of hydrogen-bond acceptors (Lipinski definition) is 4. The summed E-state index contributed by atoms with van der Waals surface area (Å²) in [6, 6.07) is 14.5. The van der Waals surface area contributed by atoms with E-state index in [0.717, 1.165) is 21.8 Å². The van der Waals surface area contributed by atoms with Gasteiger partial charge in [-0.05, 0) is 12.1 Å². The predicted molar refractivity (Wildman–Crippen MR) is 97.1 cm³/mol. The Morgan fingerprint density at radius 3 is 2.00 bits per heavy atom. The van der Waals surface area contributed by atoms with E-state index in [1.165, 1.54) is 0 Å². The number of fused-ring (bicyclic) bond motifs is 3. The number of benzene rings is 2. The molecule has 1 heterocycles. The highest BCUT2D eigenvalue weighted by molar-refractivity contribution is 6.07. The minimum Gasteiger partial charge on any atom is -0.481 e. The van der Waals surface area contributed by atoms with Crippen molar-refractivity contribution in [2.45, 2.75) is 25.1 Å². The summed E-state index contributed by atoms with van der Waals surface area (Å²) in [5.74, 6) is -2.46. The fraction of sp³-hybridized carbons (Fsp3) is 0.263. The maximum absolute atomic E-state index is 11.1. The molecule has 0 bridgehead atoms. The average molecular weight is 356 g/mol. The molecule has 0 saturated carbocycles. The normalized spacial score (nSPS) is 13.7. The Bertz CT molecular complexity index is 896. The molecule has 0 fully saturated rings. The molecule has 7 nitrogen and oxygen atoms in total. The fourth-order valence-corrected chi connectivity index (χ4v) is 3.18. The standard InChI is InChI=1S/C19H20N2O5/c22-12(10-20-15(19(25)26)9-18(23)24)11-21-16-7-3-1-5-13(16)14-6-2-4-8-17(14)21/h1-8,12,15,20,22H,9-11H2,(H,23,24)(H,25,26)/t12-,15+/m0/s1. The number of para-hydroxylation sites is 2. The molecule has 0 unspecified atom stereocenters. The van der Waals surface area contributed by atoms with Crippen LogP contribution in [0.25, 0.3) is 21.8 Å². The van der Waals surface area contributed by atoms with Crippen LogP contribution < -0.4 is 5.32 Å². The molecule has 0 aliphatic heterocycles. The molecule has 2 aromatic carbocycles. The number of aromatic nitrogens is 1. The Labute approximate surface area is 149 Å². The lowest BCUT2D eigenvalue weighted by atomic mass is 10.2. The molecule has 26 heavy (non-hydrogen) atoms. The Morgan fingerprint density at radius 1 is 0.962 bits per heavy atom. The van der Waals surface area contributed by atoms with E-state index in [9.17, 15) is 14.7 Å². The monoisotopic (exact) mass is 356 g/mol. The Morgan fingerprint density at radius 2 is 1.50 bits per heavy atom. The van der Waals surface area contributed by atoms with Crippen molar-refractivity contribution in [2.75, 3.05) is 6.54 Å². The third-order valence-corrected chi connectivity index (χ3v) is 4.35. The number of carboxylic acids is 2. The van der Waals surface area contributed by atoms with Crippen LogP contribution in [0.15, 0.2) is 48.5 Å². The highest BCUT2D eigenvalue weighted by Gasteiger charge is 2.22. The Balaban J connectivity index is 1.79. The van der Waals surface area contributed by atoms with Crippen molar-refractivity contribution in [3.05, 3.63) is 48.5 Å². The van der Waals surface area contributed by atoms with Crippen LogP contribution in [-0.4, -0.2) is 50.5 Å². The SMILES string of the molecule is O=C(O)C[C@@H](NC[C@H](O)Cn1c2ccccc2c2ccccc21)C(=O)O. The third-order valence-electron chi connectivity index (χ3n) is 4.35. The molecular weight excluding hydrogens is 336 g/mol. The number of carbonyl (C=O) groups is 2. The minimum atomic E-state index is -1.25. The maximum Gasteiger partial charge on any atom is 0.321 e. The lowest BCUT2D eigenvalue weighted by molar-refractivity contribution is -0.146. The largest absolute Gasteiger partial charge is 0.481 e. The molecule has 4 N–H and O–H groups in total. The summed E-state index contributed by atoms with van der Waals surface area (Å²) in [5, 5.41) is 33.0. The molecule has 3 rings (SSSR count). The third kappa shape index (κ3) is 3.68. The molecular formula is C19H20N2O5. The highest BCUT2D eigenvalue weighted by Crippen LogP contribution is 2.28. The van der Waals surface area contributed by atoms with E-state index in [-0.39, 0.29) is 13.1 Å². The first-order valence-electron chi connectivity index (χ1n) is 8.29. The van der Waals surface area contributed by atoms with Gasteiger partial charge in [-0.25, -0.2) is 0 Å². The van der Waals surface area contributed by atoms with Crippen LogP contribution in [-0.2, 0) is 16.1 Å². The van der Waals surface area contributed by atoms with Crippen LogP contribution in [0.2, 0.25) is 0 Å². The van der Waals surface area contributed by atoms with Crippen molar-refractivity contribution in [1.29, 1.82) is 0 Å². The van der Waals surface area contributed by atoms with Crippen molar-refractivity contribution in [1.82, 2.24) is 9.88 Å². The van der Waals surface area contributed by atoms with Crippen LogP contribution >= 0.6 is 0 Å². The van der Waals surface area contributed by atoms with E-state index in [1.807, 2.05) is 53.1 Å². The van der Waals surface area contributed by atoms with Crippen LogP contribution in [0, 0.1) is 0 Å². The Kier molecular flexibility index (Phi) is 5.20. The molecule has 1 aromatic heterocycles. The zero-order chi connectivity index (χ0) is 18.7. The van der Waals surface area contributed by atoms with Gasteiger partial charge in [0, 0.05) is 28.4 Å². The van der Waals surface area contributed by atoms with E-state index >= 15 is 0 Å². The van der Waals surface area contributed by atoms with Gasteiger partial charge in [0.15, 0.2) is 0 Å². The van der Waals surface area contributed by atoms with Gasteiger partial charge in [0.2, 0.25) is 0 Å². The lowest BCUT2D eigenvalue weighted by Crippen LogP contribution is -2.43. The second-order valence-corrected chi connectivity index (χ2v) is 6.20. The second kappa shape index (κ2) is 7.55. The molecule has 0 spiro atoms. The first kappa shape index (κ1) is 17.9. The van der Waals surface area contributed by atoms with Crippen molar-refractivity contribution in [3.8, 4) is 0 Å². The van der Waals surface area contributed by atoms with Gasteiger partial charge in [-0.15, -0.1) is 0 Å². The zero-order valence-corrected chi connectivity index (χ0v) is 14.0. The van der Waals surface area contributed by atoms with Crippen molar-refractivity contribution in [2.24, 2.45) is 0 Å². The smallest absolute Gasteiger partial charge is 0.321 e. The van der Waals surface area contributed by atoms with Crippen molar-refractivity contribution < 1.29 is 24.9 Å². The number of nitrogens with one attached hydrogen (secondary N) is 1. The van der Waals surface area contributed by atoms with E-state index in [2.05, 4.69) is 5.32 Å². The topological polar surface area (TPSA) is 112 Å². The summed E-state index contributed by atoms with van der Waals surface area (Å²) in [6.07, 6.45) is -1.41. The second-order valence-electron chi connectivity index (χ2n) is 6.20. The molecule has 0 amide bonds. The highest BCUT2D eigenvalue weighted by atomic mass is 16.4. The number of hydrogen-bond donors (Lipinski definition) is 4. The Hall–Kier alpha value is -2.90. The van der Waals surface area contributed by atoms with Gasteiger partial charge in [-0.2, -0.15) is 0 Å². The number of aliphatic hydroxyl groups is 1. The molecule has 3 aromatic rings. The summed E-state index contributed by atoms with van der Waals surface area (Å²) in [6.45, 7) is 0.242. The van der Waals surface area contributed by atoms with Crippen LogP contribution in [0.1, 0.15) is 6.42 Å². The molecule has 2 atom stereocenters. The minimum absolute atomic E-state index is 0.0227. The van der Waals surface area contributed by atoms with Gasteiger partial charge in [0.05, 0.1) is 19.1 Å². The van der Waals surface area contributed by atoms with E-state index < -0.39 is 30.5 Å². The van der Waals surface area contributed by atoms with Crippen LogP contribution in [0.5, 0.6) is 0 Å². The first-order valence-corrected chi connectivity index (χ1v) is 8.29. The fourth-order valence-electron chi connectivity index (χ4n) is 3.18. The van der Waals surface area contributed by atoms with E-state index in [1.54, 1.807) is 0 Å². The molecule has 0 aliphatic rings. The molecule has 0 saturated heterocycles. The summed E-state index contributed by atoms with van der Waals surface area (Å²) in [7, 11) is 0. The number of nitrogens with zero attached hydrogens (tertiary/aromatic N) is 1. The number of carboxylic acid groups (broad SMARTS) is 2. The summed E-state index contributed by atoms with van der Waals surface area (Å²) >= 11 is 0. The summed E-state index contributed by atoms with van der Waals surface area (Å²) in [4.78, 5) is 21.8. The number of rotatable bonds is 8. The summed E-state index contributed by atoms with van der Waals surface area (Å²) in [5.41, 5.74) is 1.96. The van der Waals surface area contributed by atoms with E-state index in [0.29, 0.717) is 0 Å². The summed E-state index contributed by atoms with van der Waals surface area (Å²) < 4.78 is 1.99. The molecule has 0 radical (unpaired) electrons. The van der Waals surface area contributed by atoms with Gasteiger partial charge in [-0.1, -0.05) is 36.4 Å². The molecule has 136 valence electrons. The maximum atomic E-state index is 11.1. The first-order chi connectivity index (χ1) is 12.5.